The largest absolute Gasteiger partial charge is 0.455 e. The van der Waals surface area contributed by atoms with E-state index in [1.54, 1.807) is 0 Å². The molecule has 0 fully saturated rings. The van der Waals surface area contributed by atoms with Crippen LogP contribution in [0.2, 0.25) is 0 Å². The summed E-state index contributed by atoms with van der Waals surface area (Å²) in [5.41, 5.74) is 17.3. The van der Waals surface area contributed by atoms with Crippen molar-refractivity contribution in [2.24, 2.45) is 0 Å². The zero-order valence-electron chi connectivity index (χ0n) is 33.7. The molecule has 0 bridgehead atoms. The summed E-state index contributed by atoms with van der Waals surface area (Å²) in [6, 6.07) is 81.7. The number of hydrogen-bond donors (Lipinski definition) is 0. The lowest BCUT2D eigenvalue weighted by atomic mass is 9.96. The Kier molecular flexibility index (Phi) is 7.64. The van der Waals surface area contributed by atoms with E-state index in [1.165, 1.54) is 76.8 Å². The first-order valence-corrected chi connectivity index (χ1v) is 21.3. The Labute approximate surface area is 359 Å². The third-order valence-corrected chi connectivity index (χ3v) is 13.0. The molecule has 12 aromatic rings. The van der Waals surface area contributed by atoms with Crippen LogP contribution in [0.15, 0.2) is 229 Å². The molecule has 0 radical (unpaired) electrons. The molecule has 0 N–H and O–H groups in total. The van der Waals surface area contributed by atoms with Gasteiger partial charge in [0.15, 0.2) is 0 Å². The molecule has 1 aliphatic carbocycles. The molecule has 13 rings (SSSR count). The van der Waals surface area contributed by atoms with Gasteiger partial charge in [-0.3, -0.25) is 0 Å². The second kappa shape index (κ2) is 13.7. The quantitative estimate of drug-likeness (QED) is 0.156. The molecule has 0 saturated heterocycles. The van der Waals surface area contributed by atoms with Crippen LogP contribution in [0.25, 0.3) is 110 Å². The minimum Gasteiger partial charge on any atom is -0.455 e. The van der Waals surface area contributed by atoms with Gasteiger partial charge >= 0.3 is 0 Å². The van der Waals surface area contributed by atoms with Gasteiger partial charge in [0.25, 0.3) is 0 Å². The Morgan fingerprint density at radius 2 is 0.790 bits per heavy atom. The van der Waals surface area contributed by atoms with E-state index in [1.807, 2.05) is 12.1 Å². The van der Waals surface area contributed by atoms with Gasteiger partial charge in [0.05, 0.1) is 0 Å². The van der Waals surface area contributed by atoms with Gasteiger partial charge in [-0.1, -0.05) is 164 Å². The smallest absolute Gasteiger partial charge is 0.143 e. The average Bonchev–Trinajstić information content (AvgIpc) is 3.89. The summed E-state index contributed by atoms with van der Waals surface area (Å²) in [5.74, 6) is 0. The Morgan fingerprint density at radius 1 is 0.274 bits per heavy atom. The van der Waals surface area contributed by atoms with Crippen LogP contribution < -0.4 is 4.90 Å². The molecule has 62 heavy (non-hydrogen) atoms. The number of rotatable bonds is 6. The molecule has 1 aliphatic rings. The van der Waals surface area contributed by atoms with E-state index >= 15 is 0 Å². The van der Waals surface area contributed by atoms with Gasteiger partial charge in [-0.05, 0) is 143 Å². The Balaban J connectivity index is 0.893. The fourth-order valence-corrected chi connectivity index (χ4v) is 9.99. The Bertz CT molecular complexity index is 3730. The molecule has 1 heterocycles. The topological polar surface area (TPSA) is 16.4 Å². The van der Waals surface area contributed by atoms with Crippen LogP contribution >= 0.6 is 0 Å². The summed E-state index contributed by atoms with van der Waals surface area (Å²) < 4.78 is 6.44. The third kappa shape index (κ3) is 5.44. The van der Waals surface area contributed by atoms with Crippen molar-refractivity contribution < 1.29 is 4.42 Å². The summed E-state index contributed by atoms with van der Waals surface area (Å²) >= 11 is 0. The minimum atomic E-state index is 0.907. The highest BCUT2D eigenvalue weighted by atomic mass is 16.3. The number of fused-ring (bicyclic) bond motifs is 9. The van der Waals surface area contributed by atoms with Crippen molar-refractivity contribution in [3.8, 4) is 55.6 Å². The molecule has 2 heteroatoms. The van der Waals surface area contributed by atoms with E-state index in [0.717, 1.165) is 50.1 Å². The molecule has 2 nitrogen and oxygen atoms in total. The van der Waals surface area contributed by atoms with Gasteiger partial charge in [-0.25, -0.2) is 0 Å². The predicted molar refractivity (Wildman–Crippen MR) is 262 cm³/mol. The van der Waals surface area contributed by atoms with E-state index in [9.17, 15) is 0 Å². The average molecular weight is 788 g/mol. The molecule has 0 spiro atoms. The summed E-state index contributed by atoms with van der Waals surface area (Å²) in [7, 11) is 0. The second-order valence-electron chi connectivity index (χ2n) is 16.5. The van der Waals surface area contributed by atoms with Crippen molar-refractivity contribution in [2.45, 2.75) is 0 Å². The first-order chi connectivity index (χ1) is 30.7. The van der Waals surface area contributed by atoms with Crippen molar-refractivity contribution in [3.63, 3.8) is 0 Å². The van der Waals surface area contributed by atoms with E-state index in [0.29, 0.717) is 0 Å². The van der Waals surface area contributed by atoms with Crippen molar-refractivity contribution >= 4 is 71.3 Å². The summed E-state index contributed by atoms with van der Waals surface area (Å²) in [5, 5.41) is 9.97. The summed E-state index contributed by atoms with van der Waals surface area (Å²) in [6.07, 6.45) is 0. The van der Waals surface area contributed by atoms with Crippen LogP contribution in [-0.2, 0) is 0 Å². The Hall–Kier alpha value is -8.20. The molecule has 11 aromatic carbocycles. The van der Waals surface area contributed by atoms with Crippen LogP contribution in [0.5, 0.6) is 0 Å². The zero-order chi connectivity index (χ0) is 40.7. The van der Waals surface area contributed by atoms with Crippen molar-refractivity contribution in [1.29, 1.82) is 0 Å². The highest BCUT2D eigenvalue weighted by Crippen LogP contribution is 2.49. The minimum absolute atomic E-state index is 0.907. The maximum absolute atomic E-state index is 6.44. The highest BCUT2D eigenvalue weighted by Gasteiger charge is 2.22. The molecule has 0 amide bonds. The highest BCUT2D eigenvalue weighted by molar-refractivity contribution is 6.16. The SMILES string of the molecule is c1ccc2c(c1)-c1cccc3cc(-c4ccc(N(c5ccc(-c6ccc7c(ccc8ccccc87)c6)cc5)c5ccc(-c6cccc7c6oc6ccccc67)cc5)cc4)cc-2c13. The fourth-order valence-electron chi connectivity index (χ4n) is 9.99. The van der Waals surface area contributed by atoms with Gasteiger partial charge < -0.3 is 9.32 Å². The first-order valence-electron chi connectivity index (χ1n) is 21.3. The number of anilines is 3. The third-order valence-electron chi connectivity index (χ3n) is 13.0. The van der Waals surface area contributed by atoms with E-state index in [4.69, 9.17) is 4.42 Å². The maximum atomic E-state index is 6.44. The molecule has 0 atom stereocenters. The van der Waals surface area contributed by atoms with Crippen LogP contribution in [-0.4, -0.2) is 0 Å². The molecule has 1 aromatic heterocycles. The fraction of sp³-hybridized carbons (Fsp3) is 0. The molecular formula is C60H37NO. The van der Waals surface area contributed by atoms with Crippen LogP contribution in [0.4, 0.5) is 17.1 Å². The summed E-state index contributed by atoms with van der Waals surface area (Å²) in [6.45, 7) is 0. The molecular weight excluding hydrogens is 751 g/mol. The van der Waals surface area contributed by atoms with Gasteiger partial charge in [0.1, 0.15) is 11.2 Å². The monoisotopic (exact) mass is 787 g/mol. The number of benzene rings is 11. The lowest BCUT2D eigenvalue weighted by Crippen LogP contribution is -2.09. The van der Waals surface area contributed by atoms with E-state index in [2.05, 4.69) is 217 Å². The van der Waals surface area contributed by atoms with Crippen molar-refractivity contribution in [3.05, 3.63) is 224 Å². The first kappa shape index (κ1) is 34.6. The molecule has 0 unspecified atom stereocenters. The molecule has 0 aliphatic heterocycles. The van der Waals surface area contributed by atoms with E-state index < -0.39 is 0 Å². The van der Waals surface area contributed by atoms with Gasteiger partial charge in [-0.2, -0.15) is 0 Å². The lowest BCUT2D eigenvalue weighted by Gasteiger charge is -2.26. The molecule has 0 saturated carbocycles. The second-order valence-corrected chi connectivity index (χ2v) is 16.5. The lowest BCUT2D eigenvalue weighted by molar-refractivity contribution is 0.670. The van der Waals surface area contributed by atoms with Crippen molar-refractivity contribution in [1.82, 2.24) is 0 Å². The number of para-hydroxylation sites is 2. The van der Waals surface area contributed by atoms with Crippen molar-refractivity contribution in [2.75, 3.05) is 4.90 Å². The normalized spacial score (nSPS) is 11.9. The van der Waals surface area contributed by atoms with Crippen LogP contribution in [0, 0.1) is 0 Å². The van der Waals surface area contributed by atoms with Crippen LogP contribution in [0.1, 0.15) is 0 Å². The Morgan fingerprint density at radius 3 is 1.56 bits per heavy atom. The predicted octanol–water partition coefficient (Wildman–Crippen LogP) is 17.2. The van der Waals surface area contributed by atoms with Gasteiger partial charge in [-0.15, -0.1) is 0 Å². The standard InChI is InChI=1S/C60H37NO/c1-2-11-49-40(9-1)19-20-43-35-42(27-34-50(43)49)38-21-28-46(29-22-38)61(48-32-25-41(26-33-48)51-15-8-17-56-54-14-5-6-18-58(54)62-60(51)56)47-30-23-39(24-31-47)45-36-44-10-7-16-55-52-12-3-4-13-53(52)57(37-45)59(44)55/h1-37H. The summed E-state index contributed by atoms with van der Waals surface area (Å²) in [4.78, 5) is 2.36. The van der Waals surface area contributed by atoms with E-state index in [-0.39, 0.29) is 0 Å². The molecule has 288 valence electrons. The zero-order valence-corrected chi connectivity index (χ0v) is 33.7. The number of nitrogens with zero attached hydrogens (tertiary/aromatic N) is 1. The van der Waals surface area contributed by atoms with Crippen LogP contribution in [0.3, 0.4) is 0 Å². The number of hydrogen-bond acceptors (Lipinski definition) is 2. The number of furan rings is 1. The van der Waals surface area contributed by atoms with Gasteiger partial charge in [0.2, 0.25) is 0 Å². The maximum Gasteiger partial charge on any atom is 0.143 e. The van der Waals surface area contributed by atoms with Gasteiger partial charge in [0, 0.05) is 33.4 Å².